The molecule has 0 saturated carbocycles. The molecule has 2 rings (SSSR count). The van der Waals surface area contributed by atoms with Gasteiger partial charge in [-0.3, -0.25) is 5.32 Å². The van der Waals surface area contributed by atoms with Crippen molar-refractivity contribution >= 4 is 17.6 Å². The fourth-order valence-corrected chi connectivity index (χ4v) is 2.09. The van der Waals surface area contributed by atoms with Crippen molar-refractivity contribution in [2.24, 2.45) is 0 Å². The van der Waals surface area contributed by atoms with Gasteiger partial charge in [-0.2, -0.15) is 0 Å². The third-order valence-corrected chi connectivity index (χ3v) is 2.98. The number of hydrogen-bond donors (Lipinski definition) is 1. The molecule has 2 unspecified atom stereocenters. The summed E-state index contributed by atoms with van der Waals surface area (Å²) in [6.07, 6.45) is 0.387. The molecule has 0 aliphatic carbocycles. The van der Waals surface area contributed by atoms with E-state index >= 15 is 0 Å². The van der Waals surface area contributed by atoms with E-state index in [1.54, 1.807) is 0 Å². The molecule has 1 aliphatic rings. The number of cyclic esters (lactones) is 1. The zero-order valence-electron chi connectivity index (χ0n) is 9.29. The minimum absolute atomic E-state index is 0.199. The number of nitrogens with one attached hydrogen (secondary N) is 1. The minimum Gasteiger partial charge on any atom is -0.445 e. The number of ether oxygens (including phenoxy) is 1. The van der Waals surface area contributed by atoms with Crippen molar-refractivity contribution in [3.8, 4) is 0 Å². The van der Waals surface area contributed by atoms with Gasteiger partial charge in [0.1, 0.15) is 5.54 Å². The van der Waals surface area contributed by atoms with E-state index < -0.39 is 5.54 Å². The van der Waals surface area contributed by atoms with Gasteiger partial charge in [-0.15, -0.1) is 0 Å². The van der Waals surface area contributed by atoms with Crippen LogP contribution in [0.1, 0.15) is 19.4 Å². The van der Waals surface area contributed by atoms with Gasteiger partial charge in [0, 0.05) is 11.4 Å². The Hall–Kier alpha value is -1.06. The Kier molecular flexibility index (Phi) is 2.91. The maximum absolute atomic E-state index is 11.7. The van der Waals surface area contributed by atoms with E-state index in [0.717, 1.165) is 5.56 Å². The van der Waals surface area contributed by atoms with Gasteiger partial charge in [-0.25, -0.2) is 4.79 Å². The molecule has 3 nitrogen and oxygen atoms in total. The first-order valence-corrected chi connectivity index (χ1v) is 5.61. The van der Waals surface area contributed by atoms with E-state index in [9.17, 15) is 4.79 Å². The molecule has 0 aromatic heterocycles. The van der Waals surface area contributed by atoms with Crippen LogP contribution in [0.25, 0.3) is 0 Å². The highest BCUT2D eigenvalue weighted by Crippen LogP contribution is 2.22. The molecular weight excluding hydrogens is 226 g/mol. The maximum atomic E-state index is 11.7. The highest BCUT2D eigenvalue weighted by Gasteiger charge is 2.42. The van der Waals surface area contributed by atoms with Gasteiger partial charge in [0.05, 0.1) is 0 Å². The summed E-state index contributed by atoms with van der Waals surface area (Å²) in [5.74, 6) is -0.199. The van der Waals surface area contributed by atoms with Crippen LogP contribution in [0.15, 0.2) is 24.3 Å². The first kappa shape index (κ1) is 11.4. The van der Waals surface area contributed by atoms with Crippen LogP contribution < -0.4 is 5.32 Å². The maximum Gasteiger partial charge on any atom is 0.328 e. The lowest BCUT2D eigenvalue weighted by atomic mass is 9.94. The normalized spacial score (nSPS) is 29.2. The van der Waals surface area contributed by atoms with Gasteiger partial charge < -0.3 is 4.74 Å². The van der Waals surface area contributed by atoms with Gasteiger partial charge in [-0.05, 0) is 31.5 Å². The zero-order chi connectivity index (χ0) is 11.8. The van der Waals surface area contributed by atoms with Crippen LogP contribution in [0.3, 0.4) is 0 Å². The van der Waals surface area contributed by atoms with Crippen LogP contribution in [0.5, 0.6) is 0 Å². The summed E-state index contributed by atoms with van der Waals surface area (Å²) >= 11 is 5.81. The van der Waals surface area contributed by atoms with Crippen molar-refractivity contribution < 1.29 is 9.53 Å². The lowest BCUT2D eigenvalue weighted by Gasteiger charge is -2.19. The number of carbonyl (C=O) groups is 1. The van der Waals surface area contributed by atoms with Crippen molar-refractivity contribution in [1.29, 1.82) is 0 Å². The number of hydrogen-bond acceptors (Lipinski definition) is 3. The molecule has 16 heavy (non-hydrogen) atoms. The van der Waals surface area contributed by atoms with Gasteiger partial charge in [-0.1, -0.05) is 23.7 Å². The molecule has 1 saturated heterocycles. The average Bonchev–Trinajstić information content (AvgIpc) is 2.44. The van der Waals surface area contributed by atoms with E-state index in [2.05, 4.69) is 5.32 Å². The Morgan fingerprint density at radius 1 is 1.44 bits per heavy atom. The molecule has 4 heteroatoms. The molecular formula is C12H14ClNO2. The van der Waals surface area contributed by atoms with Crippen molar-refractivity contribution in [2.45, 2.75) is 32.0 Å². The second-order valence-electron chi connectivity index (χ2n) is 4.33. The predicted octanol–water partition coefficient (Wildman–Crippen LogP) is 2.13. The summed E-state index contributed by atoms with van der Waals surface area (Å²) in [6, 6.07) is 7.49. The molecule has 1 aromatic carbocycles. The molecule has 1 fully saturated rings. The average molecular weight is 240 g/mol. The number of rotatable bonds is 2. The Labute approximate surface area is 99.7 Å². The summed E-state index contributed by atoms with van der Waals surface area (Å²) in [5.41, 5.74) is 0.429. The fraction of sp³-hybridized carbons (Fsp3) is 0.417. The van der Waals surface area contributed by atoms with Crippen LogP contribution in [0.4, 0.5) is 0 Å². The smallest absolute Gasteiger partial charge is 0.328 e. The molecule has 1 aromatic rings. The van der Waals surface area contributed by atoms with Crippen LogP contribution in [-0.4, -0.2) is 17.7 Å². The Morgan fingerprint density at radius 2 is 2.06 bits per heavy atom. The van der Waals surface area contributed by atoms with E-state index in [-0.39, 0.29) is 12.2 Å². The third kappa shape index (κ3) is 2.20. The monoisotopic (exact) mass is 239 g/mol. The van der Waals surface area contributed by atoms with Gasteiger partial charge in [0.25, 0.3) is 0 Å². The Bertz CT molecular complexity index is 404. The van der Waals surface area contributed by atoms with Crippen LogP contribution in [0.2, 0.25) is 5.02 Å². The van der Waals surface area contributed by atoms with Gasteiger partial charge >= 0.3 is 5.97 Å². The fourth-order valence-electron chi connectivity index (χ4n) is 1.96. The first-order valence-electron chi connectivity index (χ1n) is 5.23. The van der Waals surface area contributed by atoms with Crippen LogP contribution >= 0.6 is 11.6 Å². The van der Waals surface area contributed by atoms with E-state index in [1.165, 1.54) is 0 Å². The molecule has 1 heterocycles. The topological polar surface area (TPSA) is 38.3 Å². The molecule has 0 spiro atoms. The SMILES string of the molecule is CC1NC(C)(Cc2ccc(Cl)cc2)C(=O)O1. The second kappa shape index (κ2) is 4.07. The van der Waals surface area contributed by atoms with Crippen LogP contribution in [0, 0.1) is 0 Å². The lowest BCUT2D eigenvalue weighted by molar-refractivity contribution is -0.144. The van der Waals surface area contributed by atoms with E-state index in [0.29, 0.717) is 11.4 Å². The van der Waals surface area contributed by atoms with Crippen molar-refractivity contribution in [1.82, 2.24) is 5.32 Å². The van der Waals surface area contributed by atoms with Crippen molar-refractivity contribution in [3.63, 3.8) is 0 Å². The van der Waals surface area contributed by atoms with Crippen molar-refractivity contribution in [2.75, 3.05) is 0 Å². The highest BCUT2D eigenvalue weighted by molar-refractivity contribution is 6.30. The first-order chi connectivity index (χ1) is 7.49. The molecule has 2 atom stereocenters. The molecule has 1 aliphatic heterocycles. The molecule has 86 valence electrons. The second-order valence-corrected chi connectivity index (χ2v) is 4.76. The number of esters is 1. The summed E-state index contributed by atoms with van der Waals surface area (Å²) < 4.78 is 5.10. The van der Waals surface area contributed by atoms with Crippen LogP contribution in [-0.2, 0) is 16.0 Å². The Balaban J connectivity index is 2.15. The summed E-state index contributed by atoms with van der Waals surface area (Å²) in [4.78, 5) is 11.7. The molecule has 1 N–H and O–H groups in total. The highest BCUT2D eigenvalue weighted by atomic mass is 35.5. The lowest BCUT2D eigenvalue weighted by Crippen LogP contribution is -2.45. The summed E-state index contributed by atoms with van der Waals surface area (Å²) in [6.45, 7) is 3.68. The third-order valence-electron chi connectivity index (χ3n) is 2.73. The number of carbonyl (C=O) groups excluding carboxylic acids is 1. The number of benzene rings is 1. The summed E-state index contributed by atoms with van der Waals surface area (Å²) in [7, 11) is 0. The van der Waals surface area contributed by atoms with E-state index in [4.69, 9.17) is 16.3 Å². The van der Waals surface area contributed by atoms with Gasteiger partial charge in [0.15, 0.2) is 6.23 Å². The van der Waals surface area contributed by atoms with Gasteiger partial charge in [0.2, 0.25) is 0 Å². The standard InChI is InChI=1S/C12H14ClNO2/c1-8-14-12(2,11(15)16-8)7-9-3-5-10(13)6-4-9/h3-6,8,14H,7H2,1-2H3. The molecule has 0 bridgehead atoms. The zero-order valence-corrected chi connectivity index (χ0v) is 10.0. The van der Waals surface area contributed by atoms with E-state index in [1.807, 2.05) is 38.1 Å². The van der Waals surface area contributed by atoms with Crippen molar-refractivity contribution in [3.05, 3.63) is 34.9 Å². The molecule has 0 radical (unpaired) electrons. The molecule has 0 amide bonds. The largest absolute Gasteiger partial charge is 0.445 e. The quantitative estimate of drug-likeness (QED) is 0.804. The Morgan fingerprint density at radius 3 is 2.56 bits per heavy atom. The minimum atomic E-state index is -0.632. The number of halogens is 1. The summed E-state index contributed by atoms with van der Waals surface area (Å²) in [5, 5.41) is 3.84. The predicted molar refractivity (Wildman–Crippen MR) is 62.3 cm³/mol.